The van der Waals surface area contributed by atoms with Crippen molar-refractivity contribution >= 4 is 23.2 Å². The van der Waals surface area contributed by atoms with Gasteiger partial charge in [-0.2, -0.15) is 5.10 Å². The van der Waals surface area contributed by atoms with Crippen LogP contribution in [0.2, 0.25) is 5.15 Å². The van der Waals surface area contributed by atoms with E-state index in [1.807, 2.05) is 26.2 Å². The summed E-state index contributed by atoms with van der Waals surface area (Å²) in [7, 11) is 1.86. The molecule has 0 aromatic carbocycles. The first-order chi connectivity index (χ1) is 7.70. The van der Waals surface area contributed by atoms with E-state index in [1.54, 1.807) is 4.68 Å². The fourth-order valence-corrected chi connectivity index (χ4v) is 1.68. The van der Waals surface area contributed by atoms with Gasteiger partial charge < -0.3 is 5.32 Å². The third-order valence-corrected chi connectivity index (χ3v) is 2.53. The maximum Gasteiger partial charge on any atom is 0.153 e. The summed E-state index contributed by atoms with van der Waals surface area (Å²) in [4.78, 5) is 8.11. The van der Waals surface area contributed by atoms with Gasteiger partial charge in [0, 0.05) is 24.9 Å². The highest BCUT2D eigenvalue weighted by molar-refractivity contribution is 6.30. The van der Waals surface area contributed by atoms with E-state index >= 15 is 0 Å². The third kappa shape index (κ3) is 2.14. The molecule has 2 heterocycles. The molecule has 0 fully saturated rings. The monoisotopic (exact) mass is 237 g/mol. The lowest BCUT2D eigenvalue weighted by Crippen LogP contribution is -2.01. The Bertz CT molecular complexity index is 494. The minimum atomic E-state index is 0.482. The fraction of sp³-hybridized carbons (Fsp3) is 0.300. The van der Waals surface area contributed by atoms with Crippen LogP contribution in [0, 0.1) is 0 Å². The van der Waals surface area contributed by atoms with Crippen molar-refractivity contribution in [3.63, 3.8) is 0 Å². The topological polar surface area (TPSA) is 55.6 Å². The van der Waals surface area contributed by atoms with Crippen molar-refractivity contribution in [2.75, 3.05) is 5.32 Å². The van der Waals surface area contributed by atoms with Gasteiger partial charge in [-0.15, -0.1) is 0 Å². The fourth-order valence-electron chi connectivity index (χ4n) is 1.41. The van der Waals surface area contributed by atoms with E-state index in [2.05, 4.69) is 20.4 Å². The number of aryl methyl sites for hydroxylation is 1. The molecular weight excluding hydrogens is 226 g/mol. The lowest BCUT2D eigenvalue weighted by molar-refractivity contribution is 0.771. The van der Waals surface area contributed by atoms with Crippen LogP contribution in [0.3, 0.4) is 0 Å². The van der Waals surface area contributed by atoms with Crippen molar-refractivity contribution < 1.29 is 0 Å². The van der Waals surface area contributed by atoms with Gasteiger partial charge in [-0.1, -0.05) is 18.5 Å². The summed E-state index contributed by atoms with van der Waals surface area (Å²) in [5.41, 5.74) is 0.898. The number of hydrogen-bond donors (Lipinski definition) is 1. The maximum atomic E-state index is 5.98. The van der Waals surface area contributed by atoms with Gasteiger partial charge in [0.2, 0.25) is 0 Å². The van der Waals surface area contributed by atoms with Crippen molar-refractivity contribution in [3.8, 4) is 0 Å². The summed E-state index contributed by atoms with van der Waals surface area (Å²) in [6.07, 6.45) is 4.07. The van der Waals surface area contributed by atoms with Crippen LogP contribution in [0.4, 0.5) is 11.6 Å². The molecule has 6 heteroatoms. The minimum Gasteiger partial charge on any atom is -0.323 e. The molecule has 0 saturated carbocycles. The third-order valence-electron chi connectivity index (χ3n) is 2.21. The number of rotatable bonds is 3. The highest BCUT2D eigenvalue weighted by Gasteiger charge is 2.08. The van der Waals surface area contributed by atoms with Gasteiger partial charge >= 0.3 is 0 Å². The lowest BCUT2D eigenvalue weighted by atomic mass is 10.2. The van der Waals surface area contributed by atoms with Crippen molar-refractivity contribution in [3.05, 3.63) is 29.3 Å². The molecule has 0 bridgehead atoms. The molecule has 0 unspecified atom stereocenters. The molecule has 0 amide bonds. The second-order valence-corrected chi connectivity index (χ2v) is 3.70. The van der Waals surface area contributed by atoms with Gasteiger partial charge in [-0.25, -0.2) is 9.97 Å². The van der Waals surface area contributed by atoms with Crippen LogP contribution in [0.25, 0.3) is 0 Å². The Morgan fingerprint density at radius 2 is 2.25 bits per heavy atom. The average Bonchev–Trinajstić information content (AvgIpc) is 2.64. The van der Waals surface area contributed by atoms with E-state index in [9.17, 15) is 0 Å². The van der Waals surface area contributed by atoms with E-state index in [-0.39, 0.29) is 0 Å². The first-order valence-electron chi connectivity index (χ1n) is 4.96. The Kier molecular flexibility index (Phi) is 3.05. The van der Waals surface area contributed by atoms with Crippen LogP contribution in [-0.4, -0.2) is 19.7 Å². The molecule has 5 nitrogen and oxygen atoms in total. The van der Waals surface area contributed by atoms with E-state index in [4.69, 9.17) is 11.6 Å². The van der Waals surface area contributed by atoms with Crippen molar-refractivity contribution in [1.82, 2.24) is 19.7 Å². The van der Waals surface area contributed by atoms with E-state index < -0.39 is 0 Å². The minimum absolute atomic E-state index is 0.482. The van der Waals surface area contributed by atoms with Crippen LogP contribution in [-0.2, 0) is 13.5 Å². The number of aromatic nitrogens is 4. The quantitative estimate of drug-likeness (QED) is 0.832. The van der Waals surface area contributed by atoms with Gasteiger partial charge in [0.1, 0.15) is 17.3 Å². The Morgan fingerprint density at radius 3 is 2.88 bits per heavy atom. The molecular formula is C10H12ClN5. The van der Waals surface area contributed by atoms with Crippen molar-refractivity contribution in [2.24, 2.45) is 7.05 Å². The molecule has 2 aromatic heterocycles. The van der Waals surface area contributed by atoms with Crippen LogP contribution >= 0.6 is 11.6 Å². The Labute approximate surface area is 98.5 Å². The highest BCUT2D eigenvalue weighted by Crippen LogP contribution is 2.22. The summed E-state index contributed by atoms with van der Waals surface area (Å²) in [6, 6.07) is 1.87. The summed E-state index contributed by atoms with van der Waals surface area (Å²) < 4.78 is 1.72. The zero-order valence-electron chi connectivity index (χ0n) is 9.11. The molecule has 84 valence electrons. The SMILES string of the molecule is CCc1c(Cl)ncnc1Nc1ccn(C)n1. The predicted octanol–water partition coefficient (Wildman–Crippen LogP) is 2.17. The van der Waals surface area contributed by atoms with Crippen molar-refractivity contribution in [2.45, 2.75) is 13.3 Å². The molecule has 0 aliphatic rings. The number of halogens is 1. The van der Waals surface area contributed by atoms with Crippen LogP contribution in [0.5, 0.6) is 0 Å². The number of nitrogens with zero attached hydrogens (tertiary/aromatic N) is 4. The second kappa shape index (κ2) is 4.49. The van der Waals surface area contributed by atoms with Gasteiger partial charge in [-0.3, -0.25) is 4.68 Å². The molecule has 2 rings (SSSR count). The summed E-state index contributed by atoms with van der Waals surface area (Å²) in [5, 5.41) is 7.81. The number of nitrogens with one attached hydrogen (secondary N) is 1. The molecule has 0 spiro atoms. The molecule has 0 aliphatic heterocycles. The van der Waals surface area contributed by atoms with Gasteiger partial charge in [0.05, 0.1) is 0 Å². The van der Waals surface area contributed by atoms with Crippen molar-refractivity contribution in [1.29, 1.82) is 0 Å². The lowest BCUT2D eigenvalue weighted by Gasteiger charge is -2.07. The summed E-state index contributed by atoms with van der Waals surface area (Å²) >= 11 is 5.98. The number of anilines is 2. The largest absolute Gasteiger partial charge is 0.323 e. The molecule has 1 N–H and O–H groups in total. The molecule has 0 aliphatic carbocycles. The van der Waals surface area contributed by atoms with Gasteiger partial charge in [0.25, 0.3) is 0 Å². The van der Waals surface area contributed by atoms with E-state index in [1.165, 1.54) is 6.33 Å². The Morgan fingerprint density at radius 1 is 1.44 bits per heavy atom. The summed E-state index contributed by atoms with van der Waals surface area (Å²) in [5.74, 6) is 1.45. The molecule has 0 saturated heterocycles. The average molecular weight is 238 g/mol. The van der Waals surface area contributed by atoms with Crippen LogP contribution in [0.15, 0.2) is 18.6 Å². The first-order valence-corrected chi connectivity index (χ1v) is 5.34. The highest BCUT2D eigenvalue weighted by atomic mass is 35.5. The normalized spacial score (nSPS) is 10.4. The molecule has 0 atom stereocenters. The standard InChI is InChI=1S/C10H12ClN5/c1-3-7-9(11)12-6-13-10(7)14-8-4-5-16(2)15-8/h4-6H,3H2,1-2H3,(H,12,13,14,15). The molecule has 2 aromatic rings. The maximum absolute atomic E-state index is 5.98. The Balaban J connectivity index is 2.30. The number of hydrogen-bond acceptors (Lipinski definition) is 4. The summed E-state index contributed by atoms with van der Waals surface area (Å²) in [6.45, 7) is 2.01. The van der Waals surface area contributed by atoms with Crippen LogP contribution in [0.1, 0.15) is 12.5 Å². The predicted molar refractivity (Wildman–Crippen MR) is 62.9 cm³/mol. The molecule has 16 heavy (non-hydrogen) atoms. The van der Waals surface area contributed by atoms with E-state index in [0.717, 1.165) is 17.8 Å². The smallest absolute Gasteiger partial charge is 0.153 e. The van der Waals surface area contributed by atoms with E-state index in [0.29, 0.717) is 11.0 Å². The second-order valence-electron chi connectivity index (χ2n) is 3.34. The van der Waals surface area contributed by atoms with Gasteiger partial charge in [0.15, 0.2) is 5.82 Å². The zero-order valence-corrected chi connectivity index (χ0v) is 9.86. The Hall–Kier alpha value is -1.62. The van der Waals surface area contributed by atoms with Crippen LogP contribution < -0.4 is 5.32 Å². The first kappa shape index (κ1) is 10.9. The van der Waals surface area contributed by atoms with Gasteiger partial charge in [-0.05, 0) is 6.42 Å². The molecule has 0 radical (unpaired) electrons. The zero-order chi connectivity index (χ0) is 11.5.